The van der Waals surface area contributed by atoms with Crippen molar-refractivity contribution in [2.24, 2.45) is 0 Å². The van der Waals surface area contributed by atoms with Crippen molar-refractivity contribution in [3.63, 3.8) is 0 Å². The molecular formula is C13H15NO3. The fourth-order valence-corrected chi connectivity index (χ4v) is 1.73. The molecule has 2 rings (SSSR count). The highest BCUT2D eigenvalue weighted by Gasteiger charge is 2.13. The second kappa shape index (κ2) is 4.49. The minimum absolute atomic E-state index is 0.239. The summed E-state index contributed by atoms with van der Waals surface area (Å²) in [7, 11) is 1.61. The zero-order valence-electron chi connectivity index (χ0n) is 10.2. The number of benzene rings is 1. The van der Waals surface area contributed by atoms with Crippen LogP contribution in [0.1, 0.15) is 19.0 Å². The van der Waals surface area contributed by atoms with Gasteiger partial charge < -0.3 is 14.5 Å². The number of H-pyrrole nitrogens is 1. The molecular weight excluding hydrogens is 218 g/mol. The van der Waals surface area contributed by atoms with Gasteiger partial charge in [-0.25, -0.2) is 0 Å². The number of esters is 1. The van der Waals surface area contributed by atoms with Crippen LogP contribution in [0.3, 0.4) is 0 Å². The summed E-state index contributed by atoms with van der Waals surface area (Å²) >= 11 is 0. The standard InChI is InChI=1S/C13H15NO3/c1-4-12(15)17-13-8(2)14-11-6-5-9(16-3)7-10(11)13/h5-7,14H,4H2,1-3H3. The number of rotatable bonds is 3. The van der Waals surface area contributed by atoms with E-state index in [-0.39, 0.29) is 5.97 Å². The third-order valence-corrected chi connectivity index (χ3v) is 2.64. The average Bonchev–Trinajstić information content (AvgIpc) is 2.65. The number of aromatic amines is 1. The Morgan fingerprint density at radius 1 is 1.41 bits per heavy atom. The number of aryl methyl sites for hydroxylation is 1. The summed E-state index contributed by atoms with van der Waals surface area (Å²) < 4.78 is 10.5. The topological polar surface area (TPSA) is 51.3 Å². The summed E-state index contributed by atoms with van der Waals surface area (Å²) in [5.74, 6) is 1.09. The molecule has 1 heterocycles. The molecule has 0 spiro atoms. The van der Waals surface area contributed by atoms with Gasteiger partial charge in [0.15, 0.2) is 5.75 Å². The molecule has 1 aromatic carbocycles. The first-order valence-electron chi connectivity index (χ1n) is 5.52. The van der Waals surface area contributed by atoms with Crippen molar-refractivity contribution >= 4 is 16.9 Å². The Morgan fingerprint density at radius 2 is 2.18 bits per heavy atom. The van der Waals surface area contributed by atoms with E-state index < -0.39 is 0 Å². The summed E-state index contributed by atoms with van der Waals surface area (Å²) in [6, 6.07) is 5.63. The van der Waals surface area contributed by atoms with Crippen LogP contribution in [0.5, 0.6) is 11.5 Å². The fourth-order valence-electron chi connectivity index (χ4n) is 1.73. The quantitative estimate of drug-likeness (QED) is 0.829. The highest BCUT2D eigenvalue weighted by molar-refractivity contribution is 5.91. The van der Waals surface area contributed by atoms with Crippen LogP contribution in [0, 0.1) is 6.92 Å². The van der Waals surface area contributed by atoms with Gasteiger partial charge in [0, 0.05) is 17.3 Å². The van der Waals surface area contributed by atoms with Gasteiger partial charge in [-0.3, -0.25) is 4.79 Å². The van der Waals surface area contributed by atoms with Crippen molar-refractivity contribution in [1.82, 2.24) is 4.98 Å². The molecule has 0 aliphatic heterocycles. The lowest BCUT2D eigenvalue weighted by Gasteiger charge is -2.03. The van der Waals surface area contributed by atoms with Gasteiger partial charge in [-0.15, -0.1) is 0 Å². The molecule has 0 amide bonds. The Labute approximate surface area is 99.5 Å². The van der Waals surface area contributed by atoms with Crippen molar-refractivity contribution in [1.29, 1.82) is 0 Å². The van der Waals surface area contributed by atoms with E-state index in [2.05, 4.69) is 4.98 Å². The maximum Gasteiger partial charge on any atom is 0.310 e. The van der Waals surface area contributed by atoms with Gasteiger partial charge in [0.05, 0.1) is 12.8 Å². The molecule has 0 bridgehead atoms. The first-order valence-corrected chi connectivity index (χ1v) is 5.52. The van der Waals surface area contributed by atoms with Crippen molar-refractivity contribution in [2.75, 3.05) is 7.11 Å². The molecule has 4 nitrogen and oxygen atoms in total. The van der Waals surface area contributed by atoms with Gasteiger partial charge in [0.1, 0.15) is 5.75 Å². The number of methoxy groups -OCH3 is 1. The second-order valence-electron chi connectivity index (χ2n) is 3.82. The molecule has 4 heteroatoms. The van der Waals surface area contributed by atoms with Gasteiger partial charge in [0.2, 0.25) is 0 Å². The minimum Gasteiger partial charge on any atom is -0.497 e. The molecule has 2 aromatic rings. The van der Waals surface area contributed by atoms with Gasteiger partial charge in [-0.1, -0.05) is 6.92 Å². The normalized spacial score (nSPS) is 10.5. The molecule has 0 unspecified atom stereocenters. The van der Waals surface area contributed by atoms with Gasteiger partial charge in [0.25, 0.3) is 0 Å². The lowest BCUT2D eigenvalue weighted by Crippen LogP contribution is -2.05. The Morgan fingerprint density at radius 3 is 2.82 bits per heavy atom. The summed E-state index contributed by atoms with van der Waals surface area (Å²) in [6.45, 7) is 3.65. The van der Waals surface area contributed by atoms with Crippen LogP contribution in [-0.2, 0) is 4.79 Å². The molecule has 1 aromatic heterocycles. The maximum absolute atomic E-state index is 11.4. The third-order valence-electron chi connectivity index (χ3n) is 2.64. The van der Waals surface area contributed by atoms with Crippen molar-refractivity contribution < 1.29 is 14.3 Å². The molecule has 90 valence electrons. The lowest BCUT2D eigenvalue weighted by molar-refractivity contribution is -0.133. The maximum atomic E-state index is 11.4. The largest absolute Gasteiger partial charge is 0.497 e. The van der Waals surface area contributed by atoms with Crippen molar-refractivity contribution in [3.05, 3.63) is 23.9 Å². The number of hydrogen-bond acceptors (Lipinski definition) is 3. The molecule has 0 saturated heterocycles. The van der Waals surface area contributed by atoms with Crippen LogP contribution in [0.2, 0.25) is 0 Å². The Hall–Kier alpha value is -1.97. The van der Waals surface area contributed by atoms with Gasteiger partial charge in [-0.05, 0) is 25.1 Å². The smallest absolute Gasteiger partial charge is 0.310 e. The summed E-state index contributed by atoms with van der Waals surface area (Å²) in [5.41, 5.74) is 1.78. The Bertz CT molecular complexity index is 557. The van der Waals surface area contributed by atoms with Crippen LogP contribution in [0.4, 0.5) is 0 Å². The van der Waals surface area contributed by atoms with E-state index in [1.807, 2.05) is 25.1 Å². The van der Waals surface area contributed by atoms with Gasteiger partial charge >= 0.3 is 5.97 Å². The first-order chi connectivity index (χ1) is 8.15. The molecule has 0 saturated carbocycles. The predicted octanol–water partition coefficient (Wildman–Crippen LogP) is 2.80. The van der Waals surface area contributed by atoms with Crippen LogP contribution in [0.15, 0.2) is 18.2 Å². The van der Waals surface area contributed by atoms with E-state index in [9.17, 15) is 4.79 Å². The Kier molecular flexibility index (Phi) is 3.04. The molecule has 0 atom stereocenters. The predicted molar refractivity (Wildman–Crippen MR) is 65.5 cm³/mol. The average molecular weight is 233 g/mol. The van der Waals surface area contributed by atoms with E-state index in [1.54, 1.807) is 14.0 Å². The fraction of sp³-hybridized carbons (Fsp3) is 0.308. The second-order valence-corrected chi connectivity index (χ2v) is 3.82. The summed E-state index contributed by atoms with van der Waals surface area (Å²) in [5, 5.41) is 0.864. The molecule has 0 fully saturated rings. The van der Waals surface area contributed by atoms with Crippen molar-refractivity contribution in [2.45, 2.75) is 20.3 Å². The van der Waals surface area contributed by atoms with Crippen LogP contribution < -0.4 is 9.47 Å². The van der Waals surface area contributed by atoms with Gasteiger partial charge in [-0.2, -0.15) is 0 Å². The first kappa shape index (κ1) is 11.5. The SMILES string of the molecule is CCC(=O)Oc1c(C)[nH]c2ccc(OC)cc12. The number of carbonyl (C=O) groups is 1. The van der Waals surface area contributed by atoms with Crippen LogP contribution in [0.25, 0.3) is 10.9 Å². The molecule has 0 aliphatic rings. The van der Waals surface area contributed by atoms with Crippen LogP contribution in [-0.4, -0.2) is 18.1 Å². The van der Waals surface area contributed by atoms with Crippen molar-refractivity contribution in [3.8, 4) is 11.5 Å². The number of aromatic nitrogens is 1. The molecule has 1 N–H and O–H groups in total. The number of fused-ring (bicyclic) bond motifs is 1. The third kappa shape index (κ3) is 2.11. The summed E-state index contributed by atoms with van der Waals surface area (Å²) in [6.07, 6.45) is 0.357. The number of nitrogens with one attached hydrogen (secondary N) is 1. The van der Waals surface area contributed by atoms with E-state index in [4.69, 9.17) is 9.47 Å². The highest BCUT2D eigenvalue weighted by Crippen LogP contribution is 2.32. The number of ether oxygens (including phenoxy) is 2. The Balaban J connectivity index is 2.52. The lowest BCUT2D eigenvalue weighted by atomic mass is 10.2. The summed E-state index contributed by atoms with van der Waals surface area (Å²) in [4.78, 5) is 14.5. The number of carbonyl (C=O) groups excluding carboxylic acids is 1. The van der Waals surface area contributed by atoms with Crippen LogP contribution >= 0.6 is 0 Å². The van der Waals surface area contributed by atoms with E-state index in [1.165, 1.54) is 0 Å². The monoisotopic (exact) mass is 233 g/mol. The minimum atomic E-state index is -0.239. The molecule has 0 radical (unpaired) electrons. The van der Waals surface area contributed by atoms with E-state index in [0.29, 0.717) is 12.2 Å². The molecule has 0 aliphatic carbocycles. The highest BCUT2D eigenvalue weighted by atomic mass is 16.5. The molecule has 17 heavy (non-hydrogen) atoms. The number of hydrogen-bond donors (Lipinski definition) is 1. The van der Waals surface area contributed by atoms with E-state index >= 15 is 0 Å². The zero-order chi connectivity index (χ0) is 12.4. The zero-order valence-corrected chi connectivity index (χ0v) is 10.2. The van der Waals surface area contributed by atoms with E-state index in [0.717, 1.165) is 22.3 Å².